The maximum atomic E-state index is 13.4. The van der Waals surface area contributed by atoms with Crippen LogP contribution in [0.1, 0.15) is 51.3 Å². The number of amides is 1. The van der Waals surface area contributed by atoms with E-state index >= 15 is 0 Å². The molecule has 1 fully saturated rings. The van der Waals surface area contributed by atoms with E-state index in [0.29, 0.717) is 13.0 Å². The monoisotopic (exact) mass is 484 g/mol. The van der Waals surface area contributed by atoms with Gasteiger partial charge in [0.2, 0.25) is 0 Å². The van der Waals surface area contributed by atoms with Gasteiger partial charge in [-0.15, -0.1) is 0 Å². The first kappa shape index (κ1) is 25.6. The molecule has 0 spiro atoms. The van der Waals surface area contributed by atoms with Gasteiger partial charge < -0.3 is 9.47 Å². The van der Waals surface area contributed by atoms with Crippen LogP contribution >= 0.6 is 0 Å². The van der Waals surface area contributed by atoms with Crippen LogP contribution in [0.4, 0.5) is 4.79 Å². The molecule has 1 aliphatic heterocycles. The summed E-state index contributed by atoms with van der Waals surface area (Å²) in [5, 5.41) is 0. The van der Waals surface area contributed by atoms with E-state index in [0.717, 1.165) is 22.4 Å². The quantitative estimate of drug-likeness (QED) is 0.359. The second-order valence-electron chi connectivity index (χ2n) is 10.4. The Kier molecular flexibility index (Phi) is 7.60. The van der Waals surface area contributed by atoms with E-state index in [-0.39, 0.29) is 12.1 Å². The Balaban J connectivity index is 1.70. The molecule has 0 N–H and O–H groups in total. The number of rotatable bonds is 7. The van der Waals surface area contributed by atoms with E-state index in [1.54, 1.807) is 4.90 Å². The van der Waals surface area contributed by atoms with Crippen LogP contribution in [-0.2, 0) is 15.9 Å². The first-order valence-corrected chi connectivity index (χ1v) is 12.5. The van der Waals surface area contributed by atoms with Gasteiger partial charge in [-0.1, -0.05) is 91.0 Å². The molecule has 4 rings (SSSR count). The van der Waals surface area contributed by atoms with Crippen LogP contribution < -0.4 is 0 Å². The van der Waals surface area contributed by atoms with Gasteiger partial charge in [-0.25, -0.2) is 4.79 Å². The summed E-state index contributed by atoms with van der Waals surface area (Å²) in [6, 6.07) is 30.2. The smallest absolute Gasteiger partial charge is 0.412 e. The lowest BCUT2D eigenvalue weighted by molar-refractivity contribution is -0.0586. The van der Waals surface area contributed by atoms with Crippen molar-refractivity contribution in [2.45, 2.75) is 64.4 Å². The zero-order valence-electron chi connectivity index (χ0n) is 21.8. The van der Waals surface area contributed by atoms with Crippen molar-refractivity contribution in [1.82, 2.24) is 4.90 Å². The standard InChI is InChI=1S/C31H36N2O3/c1-23(36-29(34)33-30(2,3)22-35-31(33,4)5)27(21-24-15-9-6-10-16-24)32-28(25-17-11-7-12-18-25)26-19-13-8-14-20-26/h6-20,23,27H,21-22H2,1-5H3/t23-,27-/m1/s1. The molecule has 0 radical (unpaired) electrons. The fourth-order valence-corrected chi connectivity index (χ4v) is 4.81. The highest BCUT2D eigenvalue weighted by molar-refractivity contribution is 6.13. The van der Waals surface area contributed by atoms with Gasteiger partial charge in [0, 0.05) is 11.1 Å². The largest absolute Gasteiger partial charge is 0.444 e. The van der Waals surface area contributed by atoms with Crippen molar-refractivity contribution in [1.29, 1.82) is 0 Å². The molecule has 3 aromatic rings. The third kappa shape index (κ3) is 5.85. The molecule has 0 aliphatic carbocycles. The van der Waals surface area contributed by atoms with Crippen LogP contribution in [0.2, 0.25) is 0 Å². The van der Waals surface area contributed by atoms with Gasteiger partial charge in [-0.05, 0) is 46.6 Å². The van der Waals surface area contributed by atoms with Crippen LogP contribution in [0.5, 0.6) is 0 Å². The Hall–Kier alpha value is -3.44. The highest BCUT2D eigenvalue weighted by Gasteiger charge is 2.50. The lowest BCUT2D eigenvalue weighted by atomic mass is 9.99. The molecule has 188 valence electrons. The molecule has 1 amide bonds. The molecular formula is C31H36N2O3. The van der Waals surface area contributed by atoms with E-state index in [2.05, 4.69) is 36.4 Å². The van der Waals surface area contributed by atoms with E-state index in [1.807, 2.05) is 89.2 Å². The van der Waals surface area contributed by atoms with Crippen LogP contribution in [0.3, 0.4) is 0 Å². The van der Waals surface area contributed by atoms with Crippen LogP contribution in [0.15, 0.2) is 96.0 Å². The average molecular weight is 485 g/mol. The van der Waals surface area contributed by atoms with Crippen molar-refractivity contribution in [2.75, 3.05) is 6.61 Å². The maximum absolute atomic E-state index is 13.4. The Morgan fingerprint density at radius 1 is 0.889 bits per heavy atom. The third-order valence-corrected chi connectivity index (χ3v) is 6.61. The minimum atomic E-state index is -0.738. The zero-order valence-corrected chi connectivity index (χ0v) is 21.8. The summed E-state index contributed by atoms with van der Waals surface area (Å²) >= 11 is 0. The van der Waals surface area contributed by atoms with Crippen molar-refractivity contribution >= 4 is 11.8 Å². The molecule has 0 aromatic heterocycles. The minimum Gasteiger partial charge on any atom is -0.444 e. The molecule has 0 unspecified atom stereocenters. The van der Waals surface area contributed by atoms with Crippen molar-refractivity contribution in [3.63, 3.8) is 0 Å². The average Bonchev–Trinajstić information content (AvgIpc) is 3.10. The zero-order chi connectivity index (χ0) is 25.8. The van der Waals surface area contributed by atoms with Crippen LogP contribution in [0, 0.1) is 0 Å². The van der Waals surface area contributed by atoms with E-state index in [9.17, 15) is 4.79 Å². The second-order valence-corrected chi connectivity index (χ2v) is 10.4. The lowest BCUT2D eigenvalue weighted by Crippen LogP contribution is -2.54. The van der Waals surface area contributed by atoms with Gasteiger partial charge in [0.15, 0.2) is 0 Å². The summed E-state index contributed by atoms with van der Waals surface area (Å²) < 4.78 is 12.0. The second kappa shape index (κ2) is 10.7. The molecule has 1 saturated heterocycles. The van der Waals surface area contributed by atoms with Gasteiger partial charge in [0.25, 0.3) is 0 Å². The van der Waals surface area contributed by atoms with E-state index in [4.69, 9.17) is 14.5 Å². The number of benzene rings is 3. The lowest BCUT2D eigenvalue weighted by Gasteiger charge is -2.38. The van der Waals surface area contributed by atoms with Crippen LogP contribution in [-0.4, -0.2) is 46.7 Å². The normalized spacial score (nSPS) is 17.8. The van der Waals surface area contributed by atoms with Gasteiger partial charge in [0.05, 0.1) is 23.9 Å². The topological polar surface area (TPSA) is 51.1 Å². The Labute approximate surface area is 214 Å². The van der Waals surface area contributed by atoms with Crippen molar-refractivity contribution in [3.8, 4) is 0 Å². The Morgan fingerprint density at radius 2 is 1.39 bits per heavy atom. The molecule has 5 nitrogen and oxygen atoms in total. The van der Waals surface area contributed by atoms with E-state index < -0.39 is 17.4 Å². The number of carbonyl (C=O) groups excluding carboxylic acids is 1. The van der Waals surface area contributed by atoms with Crippen LogP contribution in [0.25, 0.3) is 0 Å². The number of nitrogens with zero attached hydrogens (tertiary/aromatic N) is 2. The number of ether oxygens (including phenoxy) is 2. The first-order chi connectivity index (χ1) is 17.2. The summed E-state index contributed by atoms with van der Waals surface area (Å²) in [6.45, 7) is 10.2. The molecule has 3 aromatic carbocycles. The predicted octanol–water partition coefficient (Wildman–Crippen LogP) is 6.51. The highest BCUT2D eigenvalue weighted by atomic mass is 16.6. The first-order valence-electron chi connectivity index (χ1n) is 12.5. The molecule has 2 atom stereocenters. The third-order valence-electron chi connectivity index (χ3n) is 6.61. The Bertz CT molecular complexity index is 1120. The molecule has 1 heterocycles. The van der Waals surface area contributed by atoms with E-state index in [1.165, 1.54) is 0 Å². The molecule has 36 heavy (non-hydrogen) atoms. The van der Waals surface area contributed by atoms with Gasteiger partial charge in [-0.2, -0.15) is 0 Å². The minimum absolute atomic E-state index is 0.290. The molecular weight excluding hydrogens is 448 g/mol. The summed E-state index contributed by atoms with van der Waals surface area (Å²) in [6.07, 6.45) is -0.210. The number of aliphatic imine (C=N–C) groups is 1. The van der Waals surface area contributed by atoms with Gasteiger partial charge in [0.1, 0.15) is 11.8 Å². The Morgan fingerprint density at radius 3 is 1.86 bits per heavy atom. The predicted molar refractivity (Wildman–Crippen MR) is 144 cm³/mol. The van der Waals surface area contributed by atoms with Crippen molar-refractivity contribution < 1.29 is 14.3 Å². The molecule has 0 bridgehead atoms. The number of hydrogen-bond acceptors (Lipinski definition) is 4. The SMILES string of the molecule is C[C@@H](OC(=O)N1C(C)(C)COC1(C)C)[C@@H](Cc1ccccc1)N=C(c1ccccc1)c1ccccc1. The van der Waals surface area contributed by atoms with Gasteiger partial charge in [-0.3, -0.25) is 9.89 Å². The maximum Gasteiger partial charge on any atom is 0.412 e. The number of carbonyl (C=O) groups is 1. The molecule has 5 heteroatoms. The fourth-order valence-electron chi connectivity index (χ4n) is 4.81. The number of hydrogen-bond donors (Lipinski definition) is 0. The summed E-state index contributed by atoms with van der Waals surface area (Å²) in [5.74, 6) is 0. The molecule has 0 saturated carbocycles. The highest BCUT2D eigenvalue weighted by Crippen LogP contribution is 2.35. The van der Waals surface area contributed by atoms with Gasteiger partial charge >= 0.3 is 6.09 Å². The summed E-state index contributed by atoms with van der Waals surface area (Å²) in [5.41, 5.74) is 2.87. The summed E-state index contributed by atoms with van der Waals surface area (Å²) in [4.78, 5) is 20.4. The fraction of sp³-hybridized carbons (Fsp3) is 0.355. The van der Waals surface area contributed by atoms with Crippen molar-refractivity contribution in [2.24, 2.45) is 4.99 Å². The summed E-state index contributed by atoms with van der Waals surface area (Å²) in [7, 11) is 0. The van der Waals surface area contributed by atoms with Crippen molar-refractivity contribution in [3.05, 3.63) is 108 Å². The molecule has 1 aliphatic rings.